The maximum atomic E-state index is 12.7. The molecule has 1 fully saturated rings. The van der Waals surface area contributed by atoms with Gasteiger partial charge in [-0.1, -0.05) is 6.92 Å². The second-order valence-corrected chi connectivity index (χ2v) is 11.1. The lowest BCUT2D eigenvalue weighted by atomic mass is 9.96. The van der Waals surface area contributed by atoms with Gasteiger partial charge in [-0.25, -0.2) is 9.78 Å². The van der Waals surface area contributed by atoms with Crippen LogP contribution in [-0.4, -0.2) is 32.8 Å². The Bertz CT molecular complexity index is 1040. The molecule has 2 unspecified atom stereocenters. The van der Waals surface area contributed by atoms with E-state index in [1.165, 1.54) is 13.1 Å². The van der Waals surface area contributed by atoms with E-state index < -0.39 is 29.1 Å². The first kappa shape index (κ1) is 21.5. The highest BCUT2D eigenvalue weighted by atomic mass is 32.2. The van der Waals surface area contributed by atoms with E-state index in [-0.39, 0.29) is 5.41 Å². The fourth-order valence-electron chi connectivity index (χ4n) is 3.80. The highest BCUT2D eigenvalue weighted by Crippen LogP contribution is 2.50. The second kappa shape index (κ2) is 7.76. The van der Waals surface area contributed by atoms with E-state index in [4.69, 9.17) is 10.1 Å². The van der Waals surface area contributed by atoms with E-state index in [0.29, 0.717) is 9.22 Å². The number of thiazole rings is 1. The summed E-state index contributed by atoms with van der Waals surface area (Å²) in [6, 6.07) is -0.500. The molecule has 0 saturated heterocycles. The number of aliphatic hydroxyl groups is 2. The van der Waals surface area contributed by atoms with Crippen molar-refractivity contribution in [1.82, 2.24) is 9.97 Å². The van der Waals surface area contributed by atoms with Gasteiger partial charge in [0.1, 0.15) is 14.8 Å². The Balaban J connectivity index is 1.60. The van der Waals surface area contributed by atoms with Crippen molar-refractivity contribution in [3.05, 3.63) is 33.7 Å². The summed E-state index contributed by atoms with van der Waals surface area (Å²) in [6.45, 7) is 5.26. The van der Waals surface area contributed by atoms with Crippen molar-refractivity contribution < 1.29 is 15.0 Å². The summed E-state index contributed by atoms with van der Waals surface area (Å²) in [7, 11) is -1.21. The van der Waals surface area contributed by atoms with Gasteiger partial charge in [-0.05, 0) is 57.1 Å². The number of fused-ring (bicyclic) bond motifs is 1. The molecule has 10 heteroatoms. The Morgan fingerprint density at radius 1 is 1.47 bits per heavy atom. The molecular formula is C20H27N5O3S2. The molecule has 162 valence electrons. The largest absolute Gasteiger partial charge is 0.393 e. The third kappa shape index (κ3) is 3.94. The van der Waals surface area contributed by atoms with Crippen LogP contribution in [0.2, 0.25) is 0 Å². The van der Waals surface area contributed by atoms with Crippen LogP contribution in [0.1, 0.15) is 60.6 Å². The van der Waals surface area contributed by atoms with E-state index in [9.17, 15) is 15.0 Å². The lowest BCUT2D eigenvalue weighted by molar-refractivity contribution is -0.00244. The number of nitrogens with one attached hydrogen (secondary N) is 1. The Labute approximate surface area is 182 Å². The predicted molar refractivity (Wildman–Crippen MR) is 118 cm³/mol. The van der Waals surface area contributed by atoms with Gasteiger partial charge in [0.25, 0.3) is 0 Å². The first-order valence-electron chi connectivity index (χ1n) is 9.98. The molecule has 30 heavy (non-hydrogen) atoms. The Morgan fingerprint density at radius 2 is 2.20 bits per heavy atom. The Hall–Kier alpha value is -1.72. The standard InChI is InChI=1S/C20H27N5O3S2/c1-11-15(12-5-4-6-13(12)23-16(11)19(2)7-8-19)24-18(27)25-30(21)14-9-22-17(29-14)20(3,28)10-26/h9,26,28H,4-8,10H2,1-3H3,(H3,21,23,24,25,27). The molecule has 4 rings (SSSR count). The van der Waals surface area contributed by atoms with E-state index in [1.807, 2.05) is 6.92 Å². The molecule has 2 atom stereocenters. The lowest BCUT2D eigenvalue weighted by Crippen LogP contribution is -2.25. The molecule has 2 amide bonds. The smallest absolute Gasteiger partial charge is 0.352 e. The van der Waals surface area contributed by atoms with Crippen LogP contribution in [0.25, 0.3) is 0 Å². The molecule has 2 heterocycles. The molecule has 2 aromatic rings. The number of amides is 2. The number of pyridine rings is 1. The summed E-state index contributed by atoms with van der Waals surface area (Å²) in [5.41, 5.74) is 3.81. The van der Waals surface area contributed by atoms with Crippen LogP contribution in [0.4, 0.5) is 10.5 Å². The minimum absolute atomic E-state index is 0.110. The van der Waals surface area contributed by atoms with Crippen molar-refractivity contribution in [2.24, 2.45) is 9.50 Å². The van der Waals surface area contributed by atoms with E-state index in [2.05, 4.69) is 21.6 Å². The minimum Gasteiger partial charge on any atom is -0.393 e. The van der Waals surface area contributed by atoms with Gasteiger partial charge >= 0.3 is 6.03 Å². The van der Waals surface area contributed by atoms with Crippen LogP contribution >= 0.6 is 11.3 Å². The summed E-state index contributed by atoms with van der Waals surface area (Å²) in [4.78, 5) is 21.8. The normalized spacial score (nSPS) is 19.9. The number of anilines is 1. The van der Waals surface area contributed by atoms with Gasteiger partial charge < -0.3 is 15.5 Å². The fraction of sp³-hybridized carbons (Fsp3) is 0.550. The number of nitrogens with two attached hydrogens (primary N) is 1. The molecule has 0 bridgehead atoms. The van der Waals surface area contributed by atoms with Crippen molar-refractivity contribution in [3.8, 4) is 0 Å². The quantitative estimate of drug-likeness (QED) is 0.555. The first-order valence-corrected chi connectivity index (χ1v) is 12.0. The topological polar surface area (TPSA) is 134 Å². The SMILES string of the molecule is Cc1c(C2(C)CC2)nc2c(c1NC(=O)N=S(N)c1cnc(C(C)(O)CO)s1)CCC2. The molecule has 8 nitrogen and oxygen atoms in total. The summed E-state index contributed by atoms with van der Waals surface area (Å²) in [6.07, 6.45) is 6.61. The molecule has 5 N–H and O–H groups in total. The van der Waals surface area contributed by atoms with Crippen LogP contribution in [0.3, 0.4) is 0 Å². The molecule has 0 aromatic carbocycles. The van der Waals surface area contributed by atoms with Gasteiger partial charge in [-0.2, -0.15) is 4.36 Å². The number of hydrogen-bond acceptors (Lipinski definition) is 6. The average Bonchev–Trinajstić information content (AvgIpc) is 3.13. The van der Waals surface area contributed by atoms with Gasteiger partial charge in [0.05, 0.1) is 24.2 Å². The monoisotopic (exact) mass is 449 g/mol. The van der Waals surface area contributed by atoms with Crippen molar-refractivity contribution in [2.45, 2.75) is 68.1 Å². The van der Waals surface area contributed by atoms with Gasteiger partial charge in [-0.3, -0.25) is 10.1 Å². The number of hydrogen-bond donors (Lipinski definition) is 4. The average molecular weight is 450 g/mol. The Kier molecular flexibility index (Phi) is 5.56. The minimum atomic E-state index is -1.45. The van der Waals surface area contributed by atoms with E-state index in [0.717, 1.165) is 71.6 Å². The van der Waals surface area contributed by atoms with E-state index >= 15 is 0 Å². The van der Waals surface area contributed by atoms with Crippen LogP contribution in [0.5, 0.6) is 0 Å². The summed E-state index contributed by atoms with van der Waals surface area (Å²) >= 11 is 1.14. The molecule has 2 aromatic heterocycles. The van der Waals surface area contributed by atoms with Crippen LogP contribution in [0, 0.1) is 6.92 Å². The lowest BCUT2D eigenvalue weighted by Gasteiger charge is -2.19. The number of aryl methyl sites for hydroxylation is 1. The maximum Gasteiger partial charge on any atom is 0.352 e. The summed E-state index contributed by atoms with van der Waals surface area (Å²) < 4.78 is 4.67. The number of rotatable bonds is 5. The number of urea groups is 1. The number of carbonyl (C=O) groups excluding carboxylic acids is 1. The fourth-order valence-corrected chi connectivity index (χ4v) is 5.65. The van der Waals surface area contributed by atoms with Gasteiger partial charge in [0.15, 0.2) is 0 Å². The summed E-state index contributed by atoms with van der Waals surface area (Å²) in [5.74, 6) is 0. The highest BCUT2D eigenvalue weighted by molar-refractivity contribution is 7.87. The van der Waals surface area contributed by atoms with Gasteiger partial charge in [0.2, 0.25) is 0 Å². The van der Waals surface area contributed by atoms with Crippen molar-refractivity contribution in [1.29, 1.82) is 0 Å². The Morgan fingerprint density at radius 3 is 2.87 bits per heavy atom. The van der Waals surface area contributed by atoms with Crippen LogP contribution in [-0.2, 0) is 34.7 Å². The van der Waals surface area contributed by atoms with Crippen molar-refractivity contribution in [2.75, 3.05) is 11.9 Å². The van der Waals surface area contributed by atoms with Crippen molar-refractivity contribution in [3.63, 3.8) is 0 Å². The van der Waals surface area contributed by atoms with Crippen LogP contribution in [0.15, 0.2) is 14.8 Å². The predicted octanol–water partition coefficient (Wildman–Crippen LogP) is 2.85. The summed E-state index contributed by atoms with van der Waals surface area (Å²) in [5, 5.41) is 28.8. The molecular weight excluding hydrogens is 422 g/mol. The number of nitrogens with zero attached hydrogens (tertiary/aromatic N) is 3. The first-order chi connectivity index (χ1) is 14.1. The van der Waals surface area contributed by atoms with Gasteiger partial charge in [0, 0.05) is 22.0 Å². The molecule has 0 aliphatic heterocycles. The zero-order valence-electron chi connectivity index (χ0n) is 17.4. The second-order valence-electron chi connectivity index (χ2n) is 8.55. The maximum absolute atomic E-state index is 12.7. The molecule has 0 spiro atoms. The highest BCUT2D eigenvalue weighted by Gasteiger charge is 2.43. The van der Waals surface area contributed by atoms with Crippen LogP contribution < -0.4 is 10.5 Å². The molecule has 2 aliphatic carbocycles. The zero-order valence-corrected chi connectivity index (χ0v) is 19.0. The number of aliphatic hydroxyl groups excluding tert-OH is 1. The third-order valence-electron chi connectivity index (χ3n) is 5.91. The third-order valence-corrected chi connectivity index (χ3v) is 8.60. The molecule has 0 radical (unpaired) electrons. The number of carbonyl (C=O) groups is 1. The number of aromatic nitrogens is 2. The molecule has 1 saturated carbocycles. The molecule has 2 aliphatic rings. The van der Waals surface area contributed by atoms with Gasteiger partial charge in [-0.15, -0.1) is 11.3 Å². The van der Waals surface area contributed by atoms with Crippen molar-refractivity contribution >= 4 is 33.9 Å². The zero-order chi connectivity index (χ0) is 21.7. The van der Waals surface area contributed by atoms with E-state index in [1.54, 1.807) is 0 Å².